The van der Waals surface area contributed by atoms with Crippen LogP contribution in [0.5, 0.6) is 0 Å². The van der Waals surface area contributed by atoms with Crippen molar-refractivity contribution < 1.29 is 27.5 Å². The van der Waals surface area contributed by atoms with Gasteiger partial charge in [-0.2, -0.15) is 0 Å². The Labute approximate surface area is 182 Å². The number of carbonyl (C=O) groups is 3. The van der Waals surface area contributed by atoms with E-state index in [0.717, 1.165) is 0 Å². The zero-order valence-corrected chi connectivity index (χ0v) is 17.9. The molecule has 0 aliphatic carbocycles. The van der Waals surface area contributed by atoms with Gasteiger partial charge in [0, 0.05) is 11.3 Å². The molecule has 1 aromatic heterocycles. The number of carbonyl (C=O) groups excluding carboxylic acids is 3. The van der Waals surface area contributed by atoms with E-state index in [1.165, 1.54) is 54.7 Å². The van der Waals surface area contributed by atoms with Gasteiger partial charge >= 0.3 is 5.97 Å². The lowest BCUT2D eigenvalue weighted by Gasteiger charge is -2.15. The number of anilines is 1. The van der Waals surface area contributed by atoms with E-state index >= 15 is 0 Å². The van der Waals surface area contributed by atoms with Gasteiger partial charge in [-0.05, 0) is 48.7 Å². The number of ether oxygens (including phenoxy) is 1. The molecule has 160 valence electrons. The van der Waals surface area contributed by atoms with E-state index < -0.39 is 28.0 Å². The number of primary sulfonamides is 1. The molecule has 0 spiro atoms. The van der Waals surface area contributed by atoms with Crippen molar-refractivity contribution in [3.05, 3.63) is 82.0 Å². The minimum Gasteiger partial charge on any atom is -0.449 e. The third kappa shape index (κ3) is 5.43. The summed E-state index contributed by atoms with van der Waals surface area (Å²) >= 11 is 1.26. The van der Waals surface area contributed by atoms with Gasteiger partial charge in [0.15, 0.2) is 6.10 Å². The Hall–Kier alpha value is -3.34. The molecule has 1 atom stereocenters. The molecule has 0 aliphatic rings. The molecule has 0 saturated heterocycles. The van der Waals surface area contributed by atoms with Gasteiger partial charge in [-0.15, -0.1) is 11.3 Å². The van der Waals surface area contributed by atoms with Crippen molar-refractivity contribution in [1.29, 1.82) is 0 Å². The maximum Gasteiger partial charge on any atom is 0.339 e. The van der Waals surface area contributed by atoms with Crippen molar-refractivity contribution in [2.45, 2.75) is 17.9 Å². The van der Waals surface area contributed by atoms with Gasteiger partial charge in [-0.25, -0.2) is 18.4 Å². The summed E-state index contributed by atoms with van der Waals surface area (Å²) in [5.74, 6) is -1.75. The molecule has 2 aromatic carbocycles. The molecular formula is C21H18N2O6S2. The first-order valence-electron chi connectivity index (χ1n) is 8.99. The topological polar surface area (TPSA) is 133 Å². The van der Waals surface area contributed by atoms with Crippen LogP contribution in [0.15, 0.2) is 70.9 Å². The predicted octanol–water partition coefficient (Wildman–Crippen LogP) is 2.81. The van der Waals surface area contributed by atoms with E-state index in [2.05, 4.69) is 5.32 Å². The molecule has 1 unspecified atom stereocenters. The summed E-state index contributed by atoms with van der Waals surface area (Å²) in [5.41, 5.74) is 0.535. The highest BCUT2D eigenvalue weighted by atomic mass is 32.2. The van der Waals surface area contributed by atoms with Crippen LogP contribution < -0.4 is 10.5 Å². The highest BCUT2D eigenvalue weighted by Gasteiger charge is 2.24. The van der Waals surface area contributed by atoms with Gasteiger partial charge in [0.05, 0.1) is 15.3 Å². The number of nitrogens with one attached hydrogen (secondary N) is 1. The van der Waals surface area contributed by atoms with E-state index in [-0.39, 0.29) is 21.8 Å². The Morgan fingerprint density at radius 1 is 0.968 bits per heavy atom. The largest absolute Gasteiger partial charge is 0.449 e. The highest BCUT2D eigenvalue weighted by Crippen LogP contribution is 2.20. The number of benzene rings is 2. The molecule has 1 amide bonds. The van der Waals surface area contributed by atoms with Crippen LogP contribution in [-0.2, 0) is 19.6 Å². The molecule has 10 heteroatoms. The Balaban J connectivity index is 1.69. The molecule has 0 radical (unpaired) electrons. The zero-order chi connectivity index (χ0) is 22.6. The van der Waals surface area contributed by atoms with Crippen LogP contribution in [0.25, 0.3) is 0 Å². The van der Waals surface area contributed by atoms with Crippen LogP contribution in [0.3, 0.4) is 0 Å². The quantitative estimate of drug-likeness (QED) is 0.413. The summed E-state index contributed by atoms with van der Waals surface area (Å²) in [6.45, 7) is 1.38. The van der Waals surface area contributed by atoms with Crippen LogP contribution in [-0.4, -0.2) is 32.2 Å². The number of rotatable bonds is 7. The Morgan fingerprint density at radius 2 is 1.61 bits per heavy atom. The molecule has 3 rings (SSSR count). The summed E-state index contributed by atoms with van der Waals surface area (Å²) in [6, 6.07) is 14.8. The van der Waals surface area contributed by atoms with Crippen molar-refractivity contribution >= 4 is 44.7 Å². The summed E-state index contributed by atoms with van der Waals surface area (Å²) in [4.78, 5) is 38.0. The van der Waals surface area contributed by atoms with Crippen molar-refractivity contribution in [2.24, 2.45) is 5.14 Å². The predicted molar refractivity (Wildman–Crippen MR) is 116 cm³/mol. The second-order valence-corrected chi connectivity index (χ2v) is 8.97. The smallest absolute Gasteiger partial charge is 0.339 e. The molecule has 0 fully saturated rings. The number of esters is 1. The van der Waals surface area contributed by atoms with Crippen LogP contribution in [0.2, 0.25) is 0 Å². The fourth-order valence-corrected chi connectivity index (χ4v) is 3.84. The molecular weight excluding hydrogens is 440 g/mol. The maximum atomic E-state index is 12.7. The van der Waals surface area contributed by atoms with Crippen molar-refractivity contribution in [1.82, 2.24) is 0 Å². The number of ketones is 1. The number of hydrogen-bond acceptors (Lipinski definition) is 7. The first-order chi connectivity index (χ1) is 14.7. The first-order valence-corrected chi connectivity index (χ1v) is 11.4. The Bertz CT molecular complexity index is 1220. The molecule has 3 aromatic rings. The van der Waals surface area contributed by atoms with Gasteiger partial charge in [0.25, 0.3) is 5.91 Å². The van der Waals surface area contributed by atoms with Crippen LogP contribution >= 0.6 is 11.3 Å². The zero-order valence-electron chi connectivity index (χ0n) is 16.3. The third-order valence-electron chi connectivity index (χ3n) is 4.24. The molecule has 0 aliphatic heterocycles. The fraction of sp³-hybridized carbons (Fsp3) is 0.0952. The van der Waals surface area contributed by atoms with Crippen LogP contribution in [0.4, 0.5) is 5.69 Å². The maximum absolute atomic E-state index is 12.7. The molecule has 1 heterocycles. The minimum absolute atomic E-state index is 0.0538. The minimum atomic E-state index is -3.85. The lowest BCUT2D eigenvalue weighted by atomic mass is 10.0. The van der Waals surface area contributed by atoms with Crippen LogP contribution in [0, 0.1) is 0 Å². The average Bonchev–Trinajstić information content (AvgIpc) is 3.27. The van der Waals surface area contributed by atoms with Crippen molar-refractivity contribution in [2.75, 3.05) is 5.32 Å². The van der Waals surface area contributed by atoms with Gasteiger partial charge in [-0.1, -0.05) is 24.3 Å². The van der Waals surface area contributed by atoms with E-state index in [0.29, 0.717) is 10.6 Å². The van der Waals surface area contributed by atoms with Crippen LogP contribution in [0.1, 0.15) is 32.5 Å². The summed E-state index contributed by atoms with van der Waals surface area (Å²) in [7, 11) is -3.85. The van der Waals surface area contributed by atoms with Gasteiger partial charge in [0.1, 0.15) is 0 Å². The molecule has 8 nitrogen and oxygen atoms in total. The second-order valence-electron chi connectivity index (χ2n) is 6.46. The van der Waals surface area contributed by atoms with E-state index in [1.807, 2.05) is 0 Å². The lowest BCUT2D eigenvalue weighted by Crippen LogP contribution is -2.30. The summed E-state index contributed by atoms with van der Waals surface area (Å²) in [6.07, 6.45) is -1.17. The molecule has 0 saturated carbocycles. The third-order valence-corrected chi connectivity index (χ3v) is 6.04. The Kier molecular flexibility index (Phi) is 6.64. The number of hydrogen-bond donors (Lipinski definition) is 2. The van der Waals surface area contributed by atoms with E-state index in [1.54, 1.807) is 29.6 Å². The van der Waals surface area contributed by atoms with Gasteiger partial charge in [-0.3, -0.25) is 9.59 Å². The standard InChI is InChI=1S/C21H18N2O6S2/c1-13(20(25)23-14-8-10-15(11-9-14)31(22,27)28)29-21(26)17-6-3-2-5-16(17)19(24)18-7-4-12-30-18/h2-13H,1H3,(H,23,25)(H2,22,27,28). The number of nitrogens with two attached hydrogens (primary N) is 1. The molecule has 3 N–H and O–H groups in total. The first kappa shape index (κ1) is 22.3. The second kappa shape index (κ2) is 9.21. The molecule has 0 bridgehead atoms. The normalized spacial score (nSPS) is 12.1. The van der Waals surface area contributed by atoms with Crippen molar-refractivity contribution in [3.63, 3.8) is 0 Å². The number of sulfonamides is 1. The van der Waals surface area contributed by atoms with Gasteiger partial charge < -0.3 is 10.1 Å². The average molecular weight is 459 g/mol. The van der Waals surface area contributed by atoms with Gasteiger partial charge in [0.2, 0.25) is 15.8 Å². The monoisotopic (exact) mass is 458 g/mol. The summed E-state index contributed by atoms with van der Waals surface area (Å²) in [5, 5.41) is 9.31. The number of amides is 1. The SMILES string of the molecule is CC(OC(=O)c1ccccc1C(=O)c1cccs1)C(=O)Nc1ccc(S(N)(=O)=O)cc1. The van der Waals surface area contributed by atoms with E-state index in [4.69, 9.17) is 9.88 Å². The fourth-order valence-electron chi connectivity index (χ4n) is 2.65. The van der Waals surface area contributed by atoms with E-state index in [9.17, 15) is 22.8 Å². The van der Waals surface area contributed by atoms with Crippen molar-refractivity contribution in [3.8, 4) is 0 Å². The number of thiophene rings is 1. The summed E-state index contributed by atoms with van der Waals surface area (Å²) < 4.78 is 27.8. The Morgan fingerprint density at radius 3 is 2.19 bits per heavy atom. The lowest BCUT2D eigenvalue weighted by molar-refractivity contribution is -0.123. The molecule has 31 heavy (non-hydrogen) atoms. The highest BCUT2D eigenvalue weighted by molar-refractivity contribution is 7.89.